The third-order valence-corrected chi connectivity index (χ3v) is 5.49. The van der Waals surface area contributed by atoms with Crippen molar-refractivity contribution < 1.29 is 0 Å². The van der Waals surface area contributed by atoms with E-state index >= 15 is 0 Å². The molecule has 0 fully saturated rings. The molecular weight excluding hydrogens is 340 g/mol. The van der Waals surface area contributed by atoms with Gasteiger partial charge in [-0.3, -0.25) is 4.90 Å². The lowest BCUT2D eigenvalue weighted by atomic mass is 10.3. The molecule has 0 unspecified atom stereocenters. The summed E-state index contributed by atoms with van der Waals surface area (Å²) in [4.78, 5) is 6.62. The van der Waals surface area contributed by atoms with E-state index in [2.05, 4.69) is 63.7 Å². The Morgan fingerprint density at radius 2 is 1.95 bits per heavy atom. The molecule has 0 radical (unpaired) electrons. The average molecular weight is 359 g/mol. The fourth-order valence-corrected chi connectivity index (χ4v) is 4.47. The van der Waals surface area contributed by atoms with Gasteiger partial charge in [0.15, 0.2) is 0 Å². The third kappa shape index (κ3) is 5.00. The van der Waals surface area contributed by atoms with Gasteiger partial charge in [0.1, 0.15) is 0 Å². The summed E-state index contributed by atoms with van der Waals surface area (Å²) in [7, 11) is 2.18. The molecule has 0 aromatic carbocycles. The molecule has 19 heavy (non-hydrogen) atoms. The lowest BCUT2D eigenvalue weighted by molar-refractivity contribution is 0.325. The minimum absolute atomic E-state index is 0.989. The van der Waals surface area contributed by atoms with Gasteiger partial charge in [0.2, 0.25) is 0 Å². The summed E-state index contributed by atoms with van der Waals surface area (Å²) in [5.74, 6) is 0. The molecule has 0 amide bonds. The molecule has 0 aliphatic heterocycles. The van der Waals surface area contributed by atoms with Crippen molar-refractivity contribution in [1.82, 2.24) is 10.2 Å². The summed E-state index contributed by atoms with van der Waals surface area (Å²) in [6.45, 7) is 6.19. The molecule has 0 saturated carbocycles. The number of thiophene rings is 2. The van der Waals surface area contributed by atoms with Crippen LogP contribution in [0.15, 0.2) is 28.1 Å². The molecule has 1 N–H and O–H groups in total. The SMILES string of the molecule is CCNCc1ccc(CN(C)Cc2cc(Br)cs2)s1. The van der Waals surface area contributed by atoms with Crippen LogP contribution in [0.3, 0.4) is 0 Å². The van der Waals surface area contributed by atoms with E-state index in [1.54, 1.807) is 0 Å². The minimum Gasteiger partial charge on any atom is -0.312 e. The van der Waals surface area contributed by atoms with Crippen LogP contribution in [0, 0.1) is 0 Å². The van der Waals surface area contributed by atoms with Crippen LogP contribution in [-0.4, -0.2) is 18.5 Å². The average Bonchev–Trinajstić information content (AvgIpc) is 2.96. The summed E-state index contributed by atoms with van der Waals surface area (Å²) in [6.07, 6.45) is 0. The van der Waals surface area contributed by atoms with Crippen LogP contribution < -0.4 is 5.32 Å². The highest BCUT2D eigenvalue weighted by molar-refractivity contribution is 9.10. The molecule has 0 aliphatic rings. The molecule has 2 rings (SSSR count). The first-order chi connectivity index (χ1) is 9.17. The molecule has 0 bridgehead atoms. The number of hydrogen-bond acceptors (Lipinski definition) is 4. The first-order valence-corrected chi connectivity index (χ1v) is 8.86. The van der Waals surface area contributed by atoms with Crippen molar-refractivity contribution in [2.45, 2.75) is 26.6 Å². The molecule has 0 aliphatic carbocycles. The summed E-state index contributed by atoms with van der Waals surface area (Å²) in [6, 6.07) is 6.68. The number of nitrogens with one attached hydrogen (secondary N) is 1. The van der Waals surface area contributed by atoms with Gasteiger partial charge in [-0.15, -0.1) is 22.7 Å². The monoisotopic (exact) mass is 358 g/mol. The Balaban J connectivity index is 1.84. The van der Waals surface area contributed by atoms with Crippen molar-refractivity contribution in [1.29, 1.82) is 0 Å². The third-order valence-electron chi connectivity index (χ3n) is 2.74. The van der Waals surface area contributed by atoms with E-state index < -0.39 is 0 Å². The Morgan fingerprint density at radius 1 is 1.21 bits per heavy atom. The zero-order chi connectivity index (χ0) is 13.7. The van der Waals surface area contributed by atoms with E-state index in [4.69, 9.17) is 0 Å². The standard InChI is InChI=1S/C14H19BrN2S2/c1-3-16-7-12-4-5-13(19-12)8-17(2)9-14-6-11(15)10-18-14/h4-6,10,16H,3,7-9H2,1-2H3. The number of nitrogens with zero attached hydrogens (tertiary/aromatic N) is 1. The van der Waals surface area contributed by atoms with Gasteiger partial charge < -0.3 is 5.32 Å². The normalized spacial score (nSPS) is 11.4. The first-order valence-electron chi connectivity index (χ1n) is 6.37. The van der Waals surface area contributed by atoms with Crippen molar-refractivity contribution in [3.8, 4) is 0 Å². The molecule has 2 nitrogen and oxygen atoms in total. The predicted molar refractivity (Wildman–Crippen MR) is 88.9 cm³/mol. The van der Waals surface area contributed by atoms with E-state index in [0.29, 0.717) is 0 Å². The van der Waals surface area contributed by atoms with Gasteiger partial charge in [-0.1, -0.05) is 6.92 Å². The highest BCUT2D eigenvalue weighted by atomic mass is 79.9. The van der Waals surface area contributed by atoms with Crippen molar-refractivity contribution in [2.75, 3.05) is 13.6 Å². The van der Waals surface area contributed by atoms with Crippen LogP contribution in [0.25, 0.3) is 0 Å². The zero-order valence-electron chi connectivity index (χ0n) is 11.3. The molecule has 2 heterocycles. The van der Waals surface area contributed by atoms with E-state index in [1.165, 1.54) is 19.1 Å². The van der Waals surface area contributed by atoms with E-state index in [-0.39, 0.29) is 0 Å². The highest BCUT2D eigenvalue weighted by Gasteiger charge is 2.06. The topological polar surface area (TPSA) is 15.3 Å². The fraction of sp³-hybridized carbons (Fsp3) is 0.429. The molecular formula is C14H19BrN2S2. The van der Waals surface area contributed by atoms with Crippen molar-refractivity contribution >= 4 is 38.6 Å². The number of rotatable bonds is 7. The maximum Gasteiger partial charge on any atom is 0.0329 e. The fourth-order valence-electron chi connectivity index (χ4n) is 1.88. The van der Waals surface area contributed by atoms with E-state index in [0.717, 1.165) is 26.2 Å². The second-order valence-corrected chi connectivity index (χ2v) is 7.72. The van der Waals surface area contributed by atoms with Gasteiger partial charge in [0.25, 0.3) is 0 Å². The Morgan fingerprint density at radius 3 is 2.63 bits per heavy atom. The minimum atomic E-state index is 0.989. The molecule has 0 saturated heterocycles. The van der Waals surface area contributed by atoms with Gasteiger partial charge in [-0.2, -0.15) is 0 Å². The van der Waals surface area contributed by atoms with Crippen LogP contribution in [0.4, 0.5) is 0 Å². The van der Waals surface area contributed by atoms with Crippen molar-refractivity contribution in [3.63, 3.8) is 0 Å². The lowest BCUT2D eigenvalue weighted by Crippen LogP contribution is -2.15. The van der Waals surface area contributed by atoms with Crippen LogP contribution >= 0.6 is 38.6 Å². The van der Waals surface area contributed by atoms with Gasteiger partial charge in [0.05, 0.1) is 0 Å². The molecule has 5 heteroatoms. The van der Waals surface area contributed by atoms with E-state index in [1.807, 2.05) is 22.7 Å². The van der Waals surface area contributed by atoms with E-state index in [9.17, 15) is 0 Å². The molecule has 0 atom stereocenters. The summed E-state index contributed by atoms with van der Waals surface area (Å²) in [5, 5.41) is 5.51. The van der Waals surface area contributed by atoms with Gasteiger partial charge >= 0.3 is 0 Å². The van der Waals surface area contributed by atoms with Crippen LogP contribution in [0.2, 0.25) is 0 Å². The Bertz CT molecular complexity index is 507. The number of hydrogen-bond donors (Lipinski definition) is 1. The Kier molecular flexibility index (Phi) is 6.04. The van der Waals surface area contributed by atoms with Crippen molar-refractivity contribution in [3.05, 3.63) is 42.7 Å². The predicted octanol–water partition coefficient (Wildman–Crippen LogP) is 4.31. The highest BCUT2D eigenvalue weighted by Crippen LogP contribution is 2.23. The van der Waals surface area contributed by atoms with Crippen molar-refractivity contribution in [2.24, 2.45) is 0 Å². The summed E-state index contributed by atoms with van der Waals surface area (Å²) in [5.41, 5.74) is 0. The molecule has 2 aromatic heterocycles. The maximum atomic E-state index is 3.50. The largest absolute Gasteiger partial charge is 0.312 e. The second kappa shape index (κ2) is 7.55. The molecule has 104 valence electrons. The van der Waals surface area contributed by atoms with Gasteiger partial charge in [0, 0.05) is 44.1 Å². The van der Waals surface area contributed by atoms with Crippen LogP contribution in [-0.2, 0) is 19.6 Å². The summed E-state index contributed by atoms with van der Waals surface area (Å²) >= 11 is 7.22. The van der Waals surface area contributed by atoms with Gasteiger partial charge in [-0.25, -0.2) is 0 Å². The Labute approximate surface area is 131 Å². The molecule has 2 aromatic rings. The second-order valence-electron chi connectivity index (χ2n) is 4.55. The molecule has 0 spiro atoms. The lowest BCUT2D eigenvalue weighted by Gasteiger charge is -2.14. The summed E-state index contributed by atoms with van der Waals surface area (Å²) < 4.78 is 1.19. The van der Waals surface area contributed by atoms with Crippen LogP contribution in [0.5, 0.6) is 0 Å². The Hall–Kier alpha value is -0.200. The quantitative estimate of drug-likeness (QED) is 0.792. The van der Waals surface area contributed by atoms with Crippen LogP contribution in [0.1, 0.15) is 21.6 Å². The first kappa shape index (κ1) is 15.2. The smallest absolute Gasteiger partial charge is 0.0329 e. The number of halogens is 1. The van der Waals surface area contributed by atoms with Gasteiger partial charge in [-0.05, 0) is 47.7 Å². The maximum absolute atomic E-state index is 3.50. The zero-order valence-corrected chi connectivity index (χ0v) is 14.5.